The summed E-state index contributed by atoms with van der Waals surface area (Å²) in [6.07, 6.45) is 5.69. The van der Waals surface area contributed by atoms with Crippen LogP contribution in [-0.2, 0) is 0 Å². The summed E-state index contributed by atoms with van der Waals surface area (Å²) < 4.78 is 0. The molecule has 1 heteroatoms. The molecule has 0 radical (unpaired) electrons. The maximum absolute atomic E-state index is 5.69. The third-order valence-electron chi connectivity index (χ3n) is 3.10. The summed E-state index contributed by atoms with van der Waals surface area (Å²) in [6, 6.07) is 18.5. The Hall–Kier alpha value is -2.20. The van der Waals surface area contributed by atoms with Gasteiger partial charge in [0, 0.05) is 12.7 Å². The number of rotatable bonds is 3. The molecular formula is C17H17N. The topological polar surface area (TPSA) is 3.24 Å². The van der Waals surface area contributed by atoms with Crippen molar-refractivity contribution in [3.05, 3.63) is 65.7 Å². The van der Waals surface area contributed by atoms with Gasteiger partial charge in [-0.2, -0.15) is 0 Å². The number of nitrogens with zero attached hydrogens (tertiary/aromatic N) is 1. The first kappa shape index (κ1) is 12.3. The smallest absolute Gasteiger partial charge is 0.115 e. The number of terminal acetylenes is 1. The second-order valence-corrected chi connectivity index (χ2v) is 4.43. The molecule has 0 saturated heterocycles. The SMILES string of the molecule is C#C[C@@H](c1ccc(C)cc1)N(C)c1ccccc1. The predicted molar refractivity (Wildman–Crippen MR) is 77.6 cm³/mol. The van der Waals surface area contributed by atoms with Crippen molar-refractivity contribution in [2.24, 2.45) is 0 Å². The van der Waals surface area contributed by atoms with Crippen LogP contribution in [0.15, 0.2) is 54.6 Å². The third kappa shape index (κ3) is 2.55. The summed E-state index contributed by atoms with van der Waals surface area (Å²) in [5, 5.41) is 0. The van der Waals surface area contributed by atoms with Crippen LogP contribution in [0.4, 0.5) is 5.69 Å². The molecule has 0 heterocycles. The van der Waals surface area contributed by atoms with E-state index in [0.717, 1.165) is 11.3 Å². The Labute approximate surface area is 109 Å². The molecule has 0 amide bonds. The van der Waals surface area contributed by atoms with Gasteiger partial charge in [0.1, 0.15) is 6.04 Å². The van der Waals surface area contributed by atoms with Crippen molar-refractivity contribution in [3.63, 3.8) is 0 Å². The van der Waals surface area contributed by atoms with Crippen molar-refractivity contribution in [2.45, 2.75) is 13.0 Å². The molecule has 0 aliphatic heterocycles. The second-order valence-electron chi connectivity index (χ2n) is 4.43. The van der Waals surface area contributed by atoms with Gasteiger partial charge in [0.25, 0.3) is 0 Å². The van der Waals surface area contributed by atoms with E-state index >= 15 is 0 Å². The van der Waals surface area contributed by atoms with E-state index in [-0.39, 0.29) is 6.04 Å². The number of hydrogen-bond donors (Lipinski definition) is 0. The summed E-state index contributed by atoms with van der Waals surface area (Å²) in [5.74, 6) is 2.86. The van der Waals surface area contributed by atoms with Gasteiger partial charge in [-0.15, -0.1) is 6.42 Å². The predicted octanol–water partition coefficient (Wildman–Crippen LogP) is 3.81. The van der Waals surface area contributed by atoms with E-state index in [0.29, 0.717) is 0 Å². The van der Waals surface area contributed by atoms with Crippen LogP contribution in [0.2, 0.25) is 0 Å². The van der Waals surface area contributed by atoms with Crippen LogP contribution in [0.5, 0.6) is 0 Å². The van der Waals surface area contributed by atoms with Gasteiger partial charge in [-0.25, -0.2) is 0 Å². The zero-order valence-corrected chi connectivity index (χ0v) is 10.8. The monoisotopic (exact) mass is 235 g/mol. The number of hydrogen-bond acceptors (Lipinski definition) is 1. The first-order valence-corrected chi connectivity index (χ1v) is 6.03. The van der Waals surface area contributed by atoms with Crippen molar-refractivity contribution in [1.29, 1.82) is 0 Å². The van der Waals surface area contributed by atoms with E-state index in [1.807, 2.05) is 25.2 Å². The molecule has 0 aliphatic carbocycles. The highest BCUT2D eigenvalue weighted by Crippen LogP contribution is 2.24. The van der Waals surface area contributed by atoms with Gasteiger partial charge >= 0.3 is 0 Å². The van der Waals surface area contributed by atoms with Crippen LogP contribution >= 0.6 is 0 Å². The highest BCUT2D eigenvalue weighted by molar-refractivity contribution is 5.50. The molecule has 18 heavy (non-hydrogen) atoms. The Morgan fingerprint density at radius 1 is 1.00 bits per heavy atom. The highest BCUT2D eigenvalue weighted by Gasteiger charge is 2.14. The van der Waals surface area contributed by atoms with E-state index in [1.54, 1.807) is 0 Å². The van der Waals surface area contributed by atoms with Crippen molar-refractivity contribution in [1.82, 2.24) is 0 Å². The fraction of sp³-hybridized carbons (Fsp3) is 0.176. The number of aryl methyl sites for hydroxylation is 1. The molecule has 1 nitrogen and oxygen atoms in total. The first-order chi connectivity index (χ1) is 8.72. The van der Waals surface area contributed by atoms with Gasteiger partial charge < -0.3 is 4.90 Å². The van der Waals surface area contributed by atoms with Crippen molar-refractivity contribution in [3.8, 4) is 12.3 Å². The molecule has 0 aliphatic rings. The summed E-state index contributed by atoms with van der Waals surface area (Å²) in [6.45, 7) is 2.08. The Bertz CT molecular complexity index is 534. The minimum Gasteiger partial charge on any atom is -0.357 e. The average molecular weight is 235 g/mol. The van der Waals surface area contributed by atoms with Gasteiger partial charge in [0.2, 0.25) is 0 Å². The molecule has 0 aromatic heterocycles. The minimum atomic E-state index is -0.0343. The number of anilines is 1. The van der Waals surface area contributed by atoms with Gasteiger partial charge in [-0.05, 0) is 24.6 Å². The summed E-state index contributed by atoms with van der Waals surface area (Å²) in [5.41, 5.74) is 3.52. The molecule has 0 bridgehead atoms. The molecule has 2 rings (SSSR count). The Kier molecular flexibility index (Phi) is 3.69. The van der Waals surface area contributed by atoms with Crippen molar-refractivity contribution < 1.29 is 0 Å². The zero-order chi connectivity index (χ0) is 13.0. The van der Waals surface area contributed by atoms with Crippen LogP contribution in [0.1, 0.15) is 17.2 Å². The highest BCUT2D eigenvalue weighted by atomic mass is 15.1. The second kappa shape index (κ2) is 5.42. The average Bonchev–Trinajstić information content (AvgIpc) is 2.42. The molecule has 2 aromatic carbocycles. The lowest BCUT2D eigenvalue weighted by Gasteiger charge is -2.26. The molecule has 2 aromatic rings. The van der Waals surface area contributed by atoms with Crippen molar-refractivity contribution in [2.75, 3.05) is 11.9 Å². The lowest BCUT2D eigenvalue weighted by atomic mass is 10.0. The molecule has 0 saturated carbocycles. The standard InChI is InChI=1S/C17H17N/c1-4-17(15-12-10-14(2)11-13-15)18(3)16-8-6-5-7-9-16/h1,5-13,17H,2-3H3/t17-/m0/s1. The van der Waals surface area contributed by atoms with Crippen LogP contribution < -0.4 is 4.90 Å². The summed E-state index contributed by atoms with van der Waals surface area (Å²) in [4.78, 5) is 2.12. The number of benzene rings is 2. The maximum atomic E-state index is 5.69. The normalized spacial score (nSPS) is 11.6. The molecule has 90 valence electrons. The molecule has 0 fully saturated rings. The van der Waals surface area contributed by atoms with E-state index in [9.17, 15) is 0 Å². The summed E-state index contributed by atoms with van der Waals surface area (Å²) >= 11 is 0. The van der Waals surface area contributed by atoms with Crippen LogP contribution in [0.25, 0.3) is 0 Å². The molecule has 0 unspecified atom stereocenters. The fourth-order valence-corrected chi connectivity index (χ4v) is 1.99. The Morgan fingerprint density at radius 3 is 2.17 bits per heavy atom. The Balaban J connectivity index is 2.30. The van der Waals surface area contributed by atoms with E-state index in [4.69, 9.17) is 6.42 Å². The van der Waals surface area contributed by atoms with Crippen molar-refractivity contribution >= 4 is 5.69 Å². The summed E-state index contributed by atoms with van der Waals surface area (Å²) in [7, 11) is 2.03. The zero-order valence-electron chi connectivity index (χ0n) is 10.8. The van der Waals surface area contributed by atoms with Crippen LogP contribution in [0, 0.1) is 19.3 Å². The minimum absolute atomic E-state index is 0.0343. The third-order valence-corrected chi connectivity index (χ3v) is 3.10. The quantitative estimate of drug-likeness (QED) is 0.731. The van der Waals surface area contributed by atoms with E-state index < -0.39 is 0 Å². The van der Waals surface area contributed by atoms with Gasteiger partial charge in [0.05, 0.1) is 0 Å². The largest absolute Gasteiger partial charge is 0.357 e. The molecule has 0 spiro atoms. The lowest BCUT2D eigenvalue weighted by Crippen LogP contribution is -2.22. The van der Waals surface area contributed by atoms with Crippen LogP contribution in [-0.4, -0.2) is 7.05 Å². The lowest BCUT2D eigenvalue weighted by molar-refractivity contribution is 0.835. The van der Waals surface area contributed by atoms with E-state index in [2.05, 4.69) is 54.1 Å². The maximum Gasteiger partial charge on any atom is 0.115 e. The first-order valence-electron chi connectivity index (χ1n) is 6.03. The fourth-order valence-electron chi connectivity index (χ4n) is 1.99. The molecular weight excluding hydrogens is 218 g/mol. The van der Waals surface area contributed by atoms with E-state index in [1.165, 1.54) is 5.56 Å². The number of para-hydroxylation sites is 1. The van der Waals surface area contributed by atoms with Gasteiger partial charge in [-0.1, -0.05) is 53.9 Å². The van der Waals surface area contributed by atoms with Gasteiger partial charge in [-0.3, -0.25) is 0 Å². The Morgan fingerprint density at radius 2 is 1.61 bits per heavy atom. The molecule has 0 N–H and O–H groups in total. The van der Waals surface area contributed by atoms with Gasteiger partial charge in [0.15, 0.2) is 0 Å². The molecule has 1 atom stereocenters. The van der Waals surface area contributed by atoms with Crippen LogP contribution in [0.3, 0.4) is 0 Å².